The van der Waals surface area contributed by atoms with E-state index in [-0.39, 0.29) is 5.69 Å². The molecule has 0 atom stereocenters. The molecule has 0 unspecified atom stereocenters. The molecule has 2 rings (SSSR count). The van der Waals surface area contributed by atoms with Crippen LogP contribution in [-0.2, 0) is 20.5 Å². The van der Waals surface area contributed by atoms with Crippen LogP contribution in [0.1, 0.15) is 5.56 Å². The summed E-state index contributed by atoms with van der Waals surface area (Å²) in [5.74, 6) is -1.24. The van der Waals surface area contributed by atoms with E-state index in [1.54, 1.807) is 18.2 Å². The van der Waals surface area contributed by atoms with E-state index >= 15 is 0 Å². The Kier molecular flexibility index (Phi) is 6.46. The maximum atomic E-state index is 12.6. The lowest BCUT2D eigenvalue weighted by molar-refractivity contribution is -0.149. The summed E-state index contributed by atoms with van der Waals surface area (Å²) in [4.78, 5) is 23.2. The van der Waals surface area contributed by atoms with Crippen LogP contribution >= 0.6 is 11.6 Å². The van der Waals surface area contributed by atoms with Crippen LogP contribution in [0.4, 0.5) is 18.9 Å². The Morgan fingerprint density at radius 3 is 2.46 bits per heavy atom. The van der Waals surface area contributed by atoms with Crippen molar-refractivity contribution >= 4 is 29.2 Å². The van der Waals surface area contributed by atoms with Gasteiger partial charge in [-0.3, -0.25) is 4.79 Å². The molecule has 2 aromatic rings. The number of ether oxygens (including phenoxy) is 2. The van der Waals surface area contributed by atoms with Gasteiger partial charge < -0.3 is 14.8 Å². The molecule has 0 fully saturated rings. The van der Waals surface area contributed by atoms with Gasteiger partial charge in [0, 0.05) is 10.7 Å². The fourth-order valence-electron chi connectivity index (χ4n) is 1.86. The number of anilines is 1. The number of esters is 1. The predicted molar refractivity (Wildman–Crippen MR) is 88.0 cm³/mol. The first-order valence-electron chi connectivity index (χ1n) is 7.25. The van der Waals surface area contributed by atoms with Gasteiger partial charge in [-0.05, 0) is 36.4 Å². The summed E-state index contributed by atoms with van der Waals surface area (Å²) < 4.78 is 47.6. The topological polar surface area (TPSA) is 64.6 Å². The Morgan fingerprint density at radius 1 is 1.04 bits per heavy atom. The number of alkyl halides is 3. The summed E-state index contributed by atoms with van der Waals surface area (Å²) >= 11 is 5.76. The summed E-state index contributed by atoms with van der Waals surface area (Å²) in [7, 11) is 0. The minimum absolute atomic E-state index is 0.0592. The third-order valence-electron chi connectivity index (χ3n) is 2.99. The van der Waals surface area contributed by atoms with Crippen molar-refractivity contribution in [3.05, 3.63) is 59.1 Å². The Labute approximate surface area is 151 Å². The van der Waals surface area contributed by atoms with Crippen LogP contribution in [0.15, 0.2) is 48.5 Å². The lowest BCUT2D eigenvalue weighted by Crippen LogP contribution is -2.23. The highest BCUT2D eigenvalue weighted by molar-refractivity contribution is 6.30. The number of hydrogen-bond donors (Lipinski definition) is 1. The zero-order chi connectivity index (χ0) is 19.2. The first-order valence-corrected chi connectivity index (χ1v) is 7.63. The van der Waals surface area contributed by atoms with Gasteiger partial charge in [0.2, 0.25) is 0 Å². The van der Waals surface area contributed by atoms with Crippen molar-refractivity contribution in [2.75, 3.05) is 18.5 Å². The quantitative estimate of drug-likeness (QED) is 0.763. The van der Waals surface area contributed by atoms with Gasteiger partial charge in [-0.2, -0.15) is 13.2 Å². The molecule has 0 saturated heterocycles. The molecule has 0 saturated carbocycles. The molecule has 0 aliphatic carbocycles. The Balaban J connectivity index is 1.78. The van der Waals surface area contributed by atoms with E-state index in [0.717, 1.165) is 18.2 Å². The smallest absolute Gasteiger partial charge is 0.416 e. The molecule has 9 heteroatoms. The maximum absolute atomic E-state index is 12.6. The normalized spacial score (nSPS) is 10.9. The number of hydrogen-bond acceptors (Lipinski definition) is 4. The van der Waals surface area contributed by atoms with Crippen molar-refractivity contribution in [2.45, 2.75) is 6.18 Å². The molecule has 0 radical (unpaired) electrons. The summed E-state index contributed by atoms with van der Waals surface area (Å²) in [6.07, 6.45) is -4.52. The molecule has 1 N–H and O–H groups in total. The number of rotatable bonds is 6. The van der Waals surface area contributed by atoms with Crippen LogP contribution in [0.3, 0.4) is 0 Å². The Bertz CT molecular complexity index is 796. The highest BCUT2D eigenvalue weighted by Gasteiger charge is 2.30. The Morgan fingerprint density at radius 2 is 1.77 bits per heavy atom. The third-order valence-corrected chi connectivity index (χ3v) is 3.23. The second kappa shape index (κ2) is 8.57. The molecule has 0 spiro atoms. The zero-order valence-electron chi connectivity index (χ0n) is 13.2. The van der Waals surface area contributed by atoms with Crippen LogP contribution in [0, 0.1) is 0 Å². The van der Waals surface area contributed by atoms with E-state index in [1.165, 1.54) is 12.1 Å². The molecule has 0 aliphatic rings. The van der Waals surface area contributed by atoms with Gasteiger partial charge in [0.1, 0.15) is 5.75 Å². The standard InChI is InChI=1S/C17H13ClF3NO4/c18-12-4-2-6-14(8-12)25-10-16(24)26-9-15(23)22-13-5-1-3-11(7-13)17(19,20)21/h1-8H,9-10H2,(H,22,23). The fraction of sp³-hybridized carbons (Fsp3) is 0.176. The molecule has 0 heterocycles. The van der Waals surface area contributed by atoms with Gasteiger partial charge in [-0.15, -0.1) is 0 Å². The third kappa shape index (κ3) is 6.29. The van der Waals surface area contributed by atoms with Gasteiger partial charge in [0.25, 0.3) is 5.91 Å². The van der Waals surface area contributed by atoms with E-state index in [2.05, 4.69) is 5.32 Å². The van der Waals surface area contributed by atoms with Crippen LogP contribution in [0.5, 0.6) is 5.75 Å². The zero-order valence-corrected chi connectivity index (χ0v) is 13.9. The van der Waals surface area contributed by atoms with E-state index in [9.17, 15) is 22.8 Å². The van der Waals surface area contributed by atoms with Crippen LogP contribution in [0.25, 0.3) is 0 Å². The second-order valence-corrected chi connectivity index (χ2v) is 5.47. The number of benzene rings is 2. The number of halogens is 4. The average molecular weight is 388 g/mol. The largest absolute Gasteiger partial charge is 0.482 e. The highest BCUT2D eigenvalue weighted by atomic mass is 35.5. The molecule has 2 aromatic carbocycles. The first kappa shape index (κ1) is 19.6. The highest BCUT2D eigenvalue weighted by Crippen LogP contribution is 2.30. The predicted octanol–water partition coefficient (Wildman–Crippen LogP) is 3.92. The molecule has 0 aromatic heterocycles. The van der Waals surface area contributed by atoms with Gasteiger partial charge >= 0.3 is 12.1 Å². The van der Waals surface area contributed by atoms with Crippen LogP contribution in [0.2, 0.25) is 5.02 Å². The van der Waals surface area contributed by atoms with Crippen molar-refractivity contribution in [3.63, 3.8) is 0 Å². The van der Waals surface area contributed by atoms with E-state index in [1.807, 2.05) is 0 Å². The maximum Gasteiger partial charge on any atom is 0.416 e. The van der Waals surface area contributed by atoms with E-state index in [4.69, 9.17) is 21.1 Å². The van der Waals surface area contributed by atoms with Gasteiger partial charge in [0.05, 0.1) is 5.56 Å². The summed E-state index contributed by atoms with van der Waals surface area (Å²) in [5, 5.41) is 2.64. The van der Waals surface area contributed by atoms with E-state index < -0.39 is 36.8 Å². The number of amides is 1. The van der Waals surface area contributed by atoms with Gasteiger partial charge in [-0.25, -0.2) is 4.79 Å². The van der Waals surface area contributed by atoms with Gasteiger partial charge in [-0.1, -0.05) is 23.7 Å². The van der Waals surface area contributed by atoms with Crippen molar-refractivity contribution in [1.29, 1.82) is 0 Å². The molecule has 26 heavy (non-hydrogen) atoms. The molecule has 1 amide bonds. The lowest BCUT2D eigenvalue weighted by atomic mass is 10.2. The molecule has 138 valence electrons. The molecular weight excluding hydrogens is 375 g/mol. The van der Waals surface area contributed by atoms with Crippen molar-refractivity contribution in [2.24, 2.45) is 0 Å². The average Bonchev–Trinajstić information content (AvgIpc) is 2.58. The first-order chi connectivity index (χ1) is 12.2. The molecule has 0 bridgehead atoms. The number of nitrogens with one attached hydrogen (secondary N) is 1. The monoisotopic (exact) mass is 387 g/mol. The second-order valence-electron chi connectivity index (χ2n) is 5.03. The SMILES string of the molecule is O=C(COC(=O)COc1cccc(Cl)c1)Nc1cccc(C(F)(F)F)c1. The van der Waals surface area contributed by atoms with E-state index in [0.29, 0.717) is 10.8 Å². The van der Waals surface area contributed by atoms with Gasteiger partial charge in [0.15, 0.2) is 13.2 Å². The minimum Gasteiger partial charge on any atom is -0.482 e. The molecule has 5 nitrogen and oxygen atoms in total. The molecule has 0 aliphatic heterocycles. The minimum atomic E-state index is -4.52. The van der Waals surface area contributed by atoms with Crippen molar-refractivity contribution in [3.8, 4) is 5.75 Å². The number of carbonyl (C=O) groups excluding carboxylic acids is 2. The summed E-state index contributed by atoms with van der Waals surface area (Å²) in [6, 6.07) is 10.4. The Hall–Kier alpha value is -2.74. The van der Waals surface area contributed by atoms with Crippen LogP contribution in [-0.4, -0.2) is 25.1 Å². The summed E-state index contributed by atoms with van der Waals surface area (Å²) in [5.41, 5.74) is -0.960. The number of carbonyl (C=O) groups is 2. The summed E-state index contributed by atoms with van der Waals surface area (Å²) in [6.45, 7) is -1.11. The fourth-order valence-corrected chi connectivity index (χ4v) is 2.04. The lowest BCUT2D eigenvalue weighted by Gasteiger charge is -2.10. The molecular formula is C17H13ClF3NO4. The van der Waals surface area contributed by atoms with Crippen LogP contribution < -0.4 is 10.1 Å². The van der Waals surface area contributed by atoms with Crippen molar-refractivity contribution < 1.29 is 32.2 Å². The van der Waals surface area contributed by atoms with Crippen molar-refractivity contribution in [1.82, 2.24) is 0 Å².